The Morgan fingerprint density at radius 2 is 0.889 bits per heavy atom. The molecule has 0 amide bonds. The number of anilines is 3. The van der Waals surface area contributed by atoms with Gasteiger partial charge in [0.15, 0.2) is 0 Å². The van der Waals surface area contributed by atoms with Crippen molar-refractivity contribution in [1.82, 2.24) is 0 Å². The van der Waals surface area contributed by atoms with Crippen LogP contribution in [0.5, 0.6) is 0 Å². The molecule has 0 unspecified atom stereocenters. The van der Waals surface area contributed by atoms with Gasteiger partial charge in [-0.05, 0) is 104 Å². The predicted molar refractivity (Wildman–Crippen MR) is 228 cm³/mol. The maximum atomic E-state index is 6.21. The topological polar surface area (TPSA) is 16.4 Å². The molecule has 1 aromatic heterocycles. The molecule has 1 heterocycles. The van der Waals surface area contributed by atoms with Crippen molar-refractivity contribution in [3.8, 4) is 44.7 Å². The summed E-state index contributed by atoms with van der Waals surface area (Å²) in [5, 5.41) is 6.17. The molecule has 254 valence electrons. The Kier molecular flexibility index (Phi) is 7.85. The van der Waals surface area contributed by atoms with Crippen LogP contribution in [-0.2, 0) is 0 Å². The summed E-state index contributed by atoms with van der Waals surface area (Å²) in [5.41, 5.74) is 12.3. The van der Waals surface area contributed by atoms with E-state index in [1.54, 1.807) is 0 Å². The first-order chi connectivity index (χ1) is 26.8. The molecule has 0 spiro atoms. The first-order valence-electron chi connectivity index (χ1n) is 18.4. The van der Waals surface area contributed by atoms with Gasteiger partial charge in [0, 0.05) is 27.9 Å². The van der Waals surface area contributed by atoms with E-state index in [0.717, 1.165) is 50.5 Å². The van der Waals surface area contributed by atoms with Crippen molar-refractivity contribution in [3.05, 3.63) is 212 Å². The van der Waals surface area contributed by atoms with Gasteiger partial charge in [0.2, 0.25) is 0 Å². The van der Waals surface area contributed by atoms with Crippen molar-refractivity contribution in [2.75, 3.05) is 4.90 Å². The van der Waals surface area contributed by atoms with E-state index >= 15 is 0 Å². The molecule has 0 bridgehead atoms. The minimum absolute atomic E-state index is 0.874. The van der Waals surface area contributed by atoms with Gasteiger partial charge in [-0.1, -0.05) is 158 Å². The average Bonchev–Trinajstić information content (AvgIpc) is 3.70. The van der Waals surface area contributed by atoms with Crippen molar-refractivity contribution in [2.45, 2.75) is 0 Å². The van der Waals surface area contributed by atoms with Gasteiger partial charge in [-0.25, -0.2) is 0 Å². The van der Waals surface area contributed by atoms with Crippen molar-refractivity contribution >= 4 is 49.6 Å². The molecular formula is C52H35NO. The van der Waals surface area contributed by atoms with E-state index in [2.05, 4.69) is 199 Å². The molecule has 2 nitrogen and oxygen atoms in total. The summed E-state index contributed by atoms with van der Waals surface area (Å²) in [6, 6.07) is 75.9. The molecule has 0 aliphatic heterocycles. The third-order valence-corrected chi connectivity index (χ3v) is 10.5. The first-order valence-corrected chi connectivity index (χ1v) is 18.4. The van der Waals surface area contributed by atoms with E-state index < -0.39 is 0 Å². The average molecular weight is 690 g/mol. The van der Waals surface area contributed by atoms with E-state index in [0.29, 0.717) is 0 Å². The van der Waals surface area contributed by atoms with Gasteiger partial charge < -0.3 is 9.32 Å². The molecule has 9 aromatic carbocycles. The molecule has 0 aliphatic rings. The molecule has 0 atom stereocenters. The Balaban J connectivity index is 1.06. The maximum Gasteiger partial charge on any atom is 0.135 e. The highest BCUT2D eigenvalue weighted by atomic mass is 16.3. The van der Waals surface area contributed by atoms with Gasteiger partial charge in [0.1, 0.15) is 11.3 Å². The minimum Gasteiger partial charge on any atom is -0.456 e. The highest BCUT2D eigenvalue weighted by Crippen LogP contribution is 2.43. The van der Waals surface area contributed by atoms with Crippen LogP contribution >= 0.6 is 0 Å². The van der Waals surface area contributed by atoms with Gasteiger partial charge in [-0.3, -0.25) is 0 Å². The Bertz CT molecular complexity index is 2890. The molecule has 54 heavy (non-hydrogen) atoms. The van der Waals surface area contributed by atoms with Crippen molar-refractivity contribution in [2.24, 2.45) is 0 Å². The maximum absolute atomic E-state index is 6.21. The fraction of sp³-hybridized carbons (Fsp3) is 0. The second kappa shape index (κ2) is 13.4. The quantitative estimate of drug-likeness (QED) is 0.155. The third-order valence-electron chi connectivity index (χ3n) is 10.5. The van der Waals surface area contributed by atoms with Crippen LogP contribution in [0.15, 0.2) is 217 Å². The second-order valence-electron chi connectivity index (χ2n) is 13.7. The van der Waals surface area contributed by atoms with E-state index in [1.165, 1.54) is 43.8 Å². The molecule has 2 heteroatoms. The largest absolute Gasteiger partial charge is 0.456 e. The zero-order valence-corrected chi connectivity index (χ0v) is 29.6. The fourth-order valence-corrected chi connectivity index (χ4v) is 7.82. The van der Waals surface area contributed by atoms with Gasteiger partial charge in [-0.2, -0.15) is 0 Å². The number of hydrogen-bond acceptors (Lipinski definition) is 2. The van der Waals surface area contributed by atoms with Crippen molar-refractivity contribution < 1.29 is 4.42 Å². The Hall–Kier alpha value is -7.16. The zero-order valence-electron chi connectivity index (χ0n) is 29.6. The lowest BCUT2D eigenvalue weighted by atomic mass is 9.93. The number of hydrogen-bond donors (Lipinski definition) is 0. The highest BCUT2D eigenvalue weighted by molar-refractivity contribution is 6.13. The normalized spacial score (nSPS) is 11.3. The number of para-hydroxylation sites is 2. The highest BCUT2D eigenvalue weighted by Gasteiger charge is 2.18. The van der Waals surface area contributed by atoms with Crippen LogP contribution in [0.1, 0.15) is 0 Å². The van der Waals surface area contributed by atoms with Crippen molar-refractivity contribution in [3.63, 3.8) is 0 Å². The number of furan rings is 1. The summed E-state index contributed by atoms with van der Waals surface area (Å²) >= 11 is 0. The van der Waals surface area contributed by atoms with Crippen molar-refractivity contribution in [1.29, 1.82) is 0 Å². The van der Waals surface area contributed by atoms with Crippen LogP contribution in [0.3, 0.4) is 0 Å². The van der Waals surface area contributed by atoms with Crippen LogP contribution in [0.2, 0.25) is 0 Å². The Morgan fingerprint density at radius 3 is 1.67 bits per heavy atom. The molecule has 0 saturated carbocycles. The lowest BCUT2D eigenvalue weighted by Crippen LogP contribution is -2.11. The molecule has 0 fully saturated rings. The molecule has 0 saturated heterocycles. The number of nitrogens with zero attached hydrogens (tertiary/aromatic N) is 1. The standard InChI is InChI=1S/C52H35NO/c1-2-13-37(14-3-1)46-20-9-10-23-50(46)53(44-31-27-38(28-32-44)49-34-40-15-4-6-19-45(40)47-21-7-8-22-48(47)49)43-29-25-36(26-30-43)39-17-12-18-41(33-39)52-35-42-16-5-11-24-51(42)54-52/h1-35H. The van der Waals surface area contributed by atoms with Gasteiger partial charge in [-0.15, -0.1) is 0 Å². The molecule has 0 radical (unpaired) electrons. The smallest absolute Gasteiger partial charge is 0.135 e. The Labute approximate surface area is 314 Å². The molecule has 10 rings (SSSR count). The number of fused-ring (bicyclic) bond motifs is 4. The summed E-state index contributed by atoms with van der Waals surface area (Å²) in [5.74, 6) is 0.874. The second-order valence-corrected chi connectivity index (χ2v) is 13.7. The number of benzene rings is 9. The SMILES string of the molecule is c1ccc(-c2ccccc2N(c2ccc(-c3cccc(-c4cc5ccccc5o4)c3)cc2)c2ccc(-c3cc4ccccc4c4ccccc34)cc2)cc1. The molecule has 0 aliphatic carbocycles. The summed E-state index contributed by atoms with van der Waals surface area (Å²) in [6.45, 7) is 0. The summed E-state index contributed by atoms with van der Waals surface area (Å²) in [7, 11) is 0. The lowest BCUT2D eigenvalue weighted by Gasteiger charge is -2.28. The summed E-state index contributed by atoms with van der Waals surface area (Å²) < 4.78 is 6.21. The van der Waals surface area contributed by atoms with Gasteiger partial charge in [0.25, 0.3) is 0 Å². The first kappa shape index (κ1) is 31.6. The van der Waals surface area contributed by atoms with Crippen LogP contribution < -0.4 is 4.90 Å². The monoisotopic (exact) mass is 689 g/mol. The van der Waals surface area contributed by atoms with Crippen LogP contribution in [0, 0.1) is 0 Å². The zero-order chi connectivity index (χ0) is 35.8. The third kappa shape index (κ3) is 5.71. The van der Waals surface area contributed by atoms with E-state index in [9.17, 15) is 0 Å². The van der Waals surface area contributed by atoms with Crippen LogP contribution in [0.4, 0.5) is 17.1 Å². The van der Waals surface area contributed by atoms with E-state index in [1.807, 2.05) is 18.2 Å². The molecule has 10 aromatic rings. The molecular weight excluding hydrogens is 655 g/mol. The predicted octanol–water partition coefficient (Wildman–Crippen LogP) is 14.9. The summed E-state index contributed by atoms with van der Waals surface area (Å²) in [6.07, 6.45) is 0. The number of rotatable bonds is 7. The summed E-state index contributed by atoms with van der Waals surface area (Å²) in [4.78, 5) is 2.37. The van der Waals surface area contributed by atoms with E-state index in [4.69, 9.17) is 4.42 Å². The fourth-order valence-electron chi connectivity index (χ4n) is 7.82. The van der Waals surface area contributed by atoms with E-state index in [-0.39, 0.29) is 0 Å². The molecule has 0 N–H and O–H groups in total. The van der Waals surface area contributed by atoms with Gasteiger partial charge >= 0.3 is 0 Å². The Morgan fingerprint density at radius 1 is 0.315 bits per heavy atom. The minimum atomic E-state index is 0.874. The lowest BCUT2D eigenvalue weighted by molar-refractivity contribution is 0.631. The van der Waals surface area contributed by atoms with Gasteiger partial charge in [0.05, 0.1) is 5.69 Å². The van der Waals surface area contributed by atoms with Crippen LogP contribution in [-0.4, -0.2) is 0 Å². The van der Waals surface area contributed by atoms with Crippen LogP contribution in [0.25, 0.3) is 77.2 Å².